The highest BCUT2D eigenvalue weighted by Gasteiger charge is 2.02. The number of benzene rings is 1. The van der Waals surface area contributed by atoms with E-state index >= 15 is 0 Å². The molecule has 72 valence electrons. The first-order valence-corrected chi connectivity index (χ1v) is 4.84. The van der Waals surface area contributed by atoms with Gasteiger partial charge in [0.1, 0.15) is 0 Å². The third kappa shape index (κ3) is 1.59. The van der Waals surface area contributed by atoms with Crippen LogP contribution in [0.25, 0.3) is 10.9 Å². The molecule has 0 aliphatic heterocycles. The summed E-state index contributed by atoms with van der Waals surface area (Å²) in [6, 6.07) is 7.67. The molecule has 14 heavy (non-hydrogen) atoms. The number of hydrogen-bond donors (Lipinski definition) is 1. The summed E-state index contributed by atoms with van der Waals surface area (Å²) in [5.74, 6) is 0. The Labute approximate surface area is 87.7 Å². The van der Waals surface area contributed by atoms with Crippen LogP contribution in [0.4, 0.5) is 0 Å². The molecule has 1 aromatic heterocycles. The number of aromatic nitrogens is 1. The zero-order valence-electron chi connectivity index (χ0n) is 7.92. The minimum atomic E-state index is 0.514. The lowest BCUT2D eigenvalue weighted by molar-refractivity contribution is 1.07. The second-order valence-corrected chi connectivity index (χ2v) is 3.72. The van der Waals surface area contributed by atoms with E-state index in [2.05, 4.69) is 4.98 Å². The molecule has 0 unspecified atom stereocenters. The quantitative estimate of drug-likeness (QED) is 0.779. The average molecular weight is 207 g/mol. The fourth-order valence-electron chi connectivity index (χ4n) is 1.58. The summed E-state index contributed by atoms with van der Waals surface area (Å²) in [5.41, 5.74) is 8.70. The van der Waals surface area contributed by atoms with Gasteiger partial charge >= 0.3 is 0 Å². The van der Waals surface area contributed by atoms with Crippen molar-refractivity contribution in [2.24, 2.45) is 5.73 Å². The van der Waals surface area contributed by atoms with Gasteiger partial charge in [-0.2, -0.15) is 0 Å². The molecule has 1 heterocycles. The van der Waals surface area contributed by atoms with E-state index in [0.717, 1.165) is 27.2 Å². The van der Waals surface area contributed by atoms with Crippen LogP contribution in [-0.2, 0) is 6.54 Å². The average Bonchev–Trinajstić information content (AvgIpc) is 2.17. The Balaban J connectivity index is 2.81. The fraction of sp³-hybridized carbons (Fsp3) is 0.182. The predicted molar refractivity (Wildman–Crippen MR) is 59.4 cm³/mol. The molecule has 2 rings (SSSR count). The minimum Gasteiger partial charge on any atom is -0.326 e. The summed E-state index contributed by atoms with van der Waals surface area (Å²) in [6.07, 6.45) is 0. The van der Waals surface area contributed by atoms with Crippen LogP contribution in [0.5, 0.6) is 0 Å². The molecule has 0 saturated heterocycles. The molecule has 1 aromatic carbocycles. The lowest BCUT2D eigenvalue weighted by Crippen LogP contribution is -1.99. The van der Waals surface area contributed by atoms with Crippen molar-refractivity contribution in [2.45, 2.75) is 13.5 Å². The summed E-state index contributed by atoms with van der Waals surface area (Å²) in [6.45, 7) is 2.48. The molecule has 0 fully saturated rings. The highest BCUT2D eigenvalue weighted by atomic mass is 35.5. The van der Waals surface area contributed by atoms with Gasteiger partial charge in [-0.1, -0.05) is 11.6 Å². The van der Waals surface area contributed by atoms with Crippen molar-refractivity contribution in [3.63, 3.8) is 0 Å². The van der Waals surface area contributed by atoms with Gasteiger partial charge in [0.25, 0.3) is 0 Å². The van der Waals surface area contributed by atoms with Gasteiger partial charge in [0.2, 0.25) is 0 Å². The number of rotatable bonds is 1. The molecule has 0 aliphatic rings. The first-order chi connectivity index (χ1) is 6.70. The number of nitrogens with two attached hydrogens (primary N) is 1. The Hall–Kier alpha value is -1.12. The predicted octanol–water partition coefficient (Wildman–Crippen LogP) is 2.66. The van der Waals surface area contributed by atoms with Gasteiger partial charge in [-0.05, 0) is 36.8 Å². The lowest BCUT2D eigenvalue weighted by Gasteiger charge is -2.05. The van der Waals surface area contributed by atoms with Gasteiger partial charge in [0.05, 0.1) is 5.52 Å². The molecular weight excluding hydrogens is 196 g/mol. The molecule has 3 heteroatoms. The van der Waals surface area contributed by atoms with Crippen LogP contribution in [0.2, 0.25) is 5.02 Å². The maximum atomic E-state index is 5.92. The van der Waals surface area contributed by atoms with Crippen LogP contribution in [0.3, 0.4) is 0 Å². The Kier molecular flexibility index (Phi) is 2.40. The molecule has 0 amide bonds. The normalized spacial score (nSPS) is 10.8. The van der Waals surface area contributed by atoms with Crippen LogP contribution in [-0.4, -0.2) is 4.98 Å². The summed E-state index contributed by atoms with van der Waals surface area (Å²) < 4.78 is 0. The first kappa shape index (κ1) is 9.44. The van der Waals surface area contributed by atoms with Crippen molar-refractivity contribution < 1.29 is 0 Å². The largest absolute Gasteiger partial charge is 0.326 e. The van der Waals surface area contributed by atoms with Gasteiger partial charge in [-0.25, -0.2) is 0 Å². The third-order valence-electron chi connectivity index (χ3n) is 2.20. The molecule has 0 radical (unpaired) electrons. The number of aryl methyl sites for hydroxylation is 1. The zero-order valence-corrected chi connectivity index (χ0v) is 8.67. The van der Waals surface area contributed by atoms with E-state index in [1.807, 2.05) is 31.2 Å². The van der Waals surface area contributed by atoms with Gasteiger partial charge in [0.15, 0.2) is 0 Å². The minimum absolute atomic E-state index is 0.514. The van der Waals surface area contributed by atoms with Crippen molar-refractivity contribution in [3.8, 4) is 0 Å². The van der Waals surface area contributed by atoms with E-state index in [9.17, 15) is 0 Å². The van der Waals surface area contributed by atoms with E-state index in [-0.39, 0.29) is 0 Å². The highest BCUT2D eigenvalue weighted by molar-refractivity contribution is 6.31. The number of halogens is 1. The van der Waals surface area contributed by atoms with Crippen LogP contribution >= 0.6 is 11.6 Å². The van der Waals surface area contributed by atoms with Crippen LogP contribution < -0.4 is 5.73 Å². The van der Waals surface area contributed by atoms with Gasteiger partial charge < -0.3 is 5.73 Å². The molecule has 2 N–H and O–H groups in total. The zero-order chi connectivity index (χ0) is 10.1. The number of hydrogen-bond acceptors (Lipinski definition) is 2. The molecule has 0 bridgehead atoms. The second kappa shape index (κ2) is 3.56. The van der Waals surface area contributed by atoms with Gasteiger partial charge in [-0.15, -0.1) is 0 Å². The maximum absolute atomic E-state index is 5.92. The highest BCUT2D eigenvalue weighted by Crippen LogP contribution is 2.21. The molecule has 2 nitrogen and oxygen atoms in total. The van der Waals surface area contributed by atoms with Crippen molar-refractivity contribution in [3.05, 3.63) is 40.5 Å². The molecule has 0 saturated carbocycles. The van der Waals surface area contributed by atoms with Crippen LogP contribution in [0.1, 0.15) is 11.3 Å². The summed E-state index contributed by atoms with van der Waals surface area (Å²) in [7, 11) is 0. The Morgan fingerprint density at radius 2 is 2.14 bits per heavy atom. The molecule has 2 aromatic rings. The molecule has 0 spiro atoms. The van der Waals surface area contributed by atoms with Gasteiger partial charge in [-0.3, -0.25) is 4.98 Å². The van der Waals surface area contributed by atoms with E-state index in [1.54, 1.807) is 0 Å². The molecule has 0 aliphatic carbocycles. The Morgan fingerprint density at radius 1 is 1.36 bits per heavy atom. The summed E-state index contributed by atoms with van der Waals surface area (Å²) in [4.78, 5) is 4.41. The number of nitrogens with zero attached hydrogens (tertiary/aromatic N) is 1. The fourth-order valence-corrected chi connectivity index (χ4v) is 1.76. The lowest BCUT2D eigenvalue weighted by atomic mass is 10.1. The van der Waals surface area contributed by atoms with E-state index in [1.165, 1.54) is 0 Å². The van der Waals surface area contributed by atoms with Crippen LogP contribution in [0, 0.1) is 6.92 Å². The smallest absolute Gasteiger partial charge is 0.0709 e. The maximum Gasteiger partial charge on any atom is 0.0709 e. The number of pyridine rings is 1. The van der Waals surface area contributed by atoms with Crippen LogP contribution in [0.15, 0.2) is 24.3 Å². The summed E-state index contributed by atoms with van der Waals surface area (Å²) in [5, 5.41) is 1.77. The second-order valence-electron chi connectivity index (χ2n) is 3.29. The number of fused-ring (bicyclic) bond motifs is 1. The van der Waals surface area contributed by atoms with Crippen molar-refractivity contribution in [2.75, 3.05) is 0 Å². The Bertz CT molecular complexity index is 480. The van der Waals surface area contributed by atoms with Crippen molar-refractivity contribution in [1.29, 1.82) is 0 Å². The molecule has 0 atom stereocenters. The summed E-state index contributed by atoms with van der Waals surface area (Å²) >= 11 is 5.92. The van der Waals surface area contributed by atoms with Crippen molar-refractivity contribution in [1.82, 2.24) is 4.98 Å². The van der Waals surface area contributed by atoms with Gasteiger partial charge in [0, 0.05) is 22.6 Å². The Morgan fingerprint density at radius 3 is 2.86 bits per heavy atom. The van der Waals surface area contributed by atoms with E-state index in [4.69, 9.17) is 17.3 Å². The first-order valence-electron chi connectivity index (χ1n) is 4.46. The van der Waals surface area contributed by atoms with Crippen molar-refractivity contribution >= 4 is 22.5 Å². The topological polar surface area (TPSA) is 38.9 Å². The van der Waals surface area contributed by atoms with E-state index < -0.39 is 0 Å². The molecular formula is C11H11ClN2. The van der Waals surface area contributed by atoms with E-state index in [0.29, 0.717) is 6.54 Å². The third-order valence-corrected chi connectivity index (χ3v) is 2.44. The SMILES string of the molecule is Cc1cc(CN)c2cc(Cl)ccc2n1. The standard InChI is InChI=1S/C11H11ClN2/c1-7-4-8(6-13)10-5-9(12)2-3-11(10)14-7/h2-5H,6,13H2,1H3. The monoisotopic (exact) mass is 206 g/mol.